The maximum atomic E-state index is 4.84. The van der Waals surface area contributed by atoms with Crippen LogP contribution < -0.4 is 10.2 Å². The quantitative estimate of drug-likeness (QED) is 0.891. The zero-order chi connectivity index (χ0) is 13.8. The van der Waals surface area contributed by atoms with E-state index in [2.05, 4.69) is 23.2 Å². The third-order valence-corrected chi connectivity index (χ3v) is 4.16. The summed E-state index contributed by atoms with van der Waals surface area (Å²) in [5.74, 6) is 3.83. The first-order valence-electron chi connectivity index (χ1n) is 8.24. The number of nitrogens with zero attached hydrogens (tertiary/aromatic N) is 3. The summed E-state index contributed by atoms with van der Waals surface area (Å²) < 4.78 is 0. The Balaban J connectivity index is 1.81. The van der Waals surface area contributed by atoms with Crippen molar-refractivity contribution in [1.82, 2.24) is 9.97 Å². The van der Waals surface area contributed by atoms with Crippen molar-refractivity contribution in [3.63, 3.8) is 0 Å². The van der Waals surface area contributed by atoms with Gasteiger partial charge in [0.2, 0.25) is 0 Å². The molecule has 4 nitrogen and oxygen atoms in total. The monoisotopic (exact) mass is 274 g/mol. The van der Waals surface area contributed by atoms with Gasteiger partial charge in [-0.05, 0) is 32.1 Å². The van der Waals surface area contributed by atoms with Gasteiger partial charge in [-0.1, -0.05) is 19.8 Å². The fraction of sp³-hybridized carbons (Fsp3) is 0.750. The highest BCUT2D eigenvalue weighted by atomic mass is 15.2. The van der Waals surface area contributed by atoms with Crippen molar-refractivity contribution in [2.45, 2.75) is 57.8 Å². The molecule has 0 radical (unpaired) electrons. The number of hydrogen-bond donors (Lipinski definition) is 1. The average Bonchev–Trinajstić information content (AvgIpc) is 3.30. The minimum atomic E-state index is 0.615. The van der Waals surface area contributed by atoms with Crippen molar-refractivity contribution < 1.29 is 0 Å². The van der Waals surface area contributed by atoms with Gasteiger partial charge in [-0.2, -0.15) is 0 Å². The second-order valence-electron chi connectivity index (χ2n) is 6.07. The maximum absolute atomic E-state index is 4.84. The van der Waals surface area contributed by atoms with Crippen LogP contribution in [0.15, 0.2) is 6.07 Å². The number of nitrogens with one attached hydrogen (secondary N) is 1. The Hall–Kier alpha value is -1.32. The summed E-state index contributed by atoms with van der Waals surface area (Å²) in [5.41, 5.74) is 0. The first-order valence-corrected chi connectivity index (χ1v) is 8.24. The summed E-state index contributed by atoms with van der Waals surface area (Å²) in [6.45, 7) is 5.47. The molecule has 1 N–H and O–H groups in total. The molecule has 4 heteroatoms. The molecular weight excluding hydrogens is 248 g/mol. The van der Waals surface area contributed by atoms with Crippen molar-refractivity contribution in [3.8, 4) is 0 Å². The predicted molar refractivity (Wildman–Crippen MR) is 83.5 cm³/mol. The summed E-state index contributed by atoms with van der Waals surface area (Å²) in [6.07, 6.45) is 8.95. The zero-order valence-corrected chi connectivity index (χ0v) is 12.6. The second-order valence-corrected chi connectivity index (χ2v) is 6.07. The second kappa shape index (κ2) is 6.42. The lowest BCUT2D eigenvalue weighted by Crippen LogP contribution is -2.25. The molecule has 3 rings (SSSR count). The van der Waals surface area contributed by atoms with Gasteiger partial charge in [-0.15, -0.1) is 0 Å². The maximum Gasteiger partial charge on any atom is 0.136 e. The highest BCUT2D eigenvalue weighted by Gasteiger charge is 2.28. The van der Waals surface area contributed by atoms with E-state index in [0.717, 1.165) is 43.5 Å². The molecule has 0 spiro atoms. The third-order valence-electron chi connectivity index (χ3n) is 4.16. The van der Waals surface area contributed by atoms with Gasteiger partial charge in [0.05, 0.1) is 0 Å². The van der Waals surface area contributed by atoms with Gasteiger partial charge in [0, 0.05) is 31.6 Å². The molecule has 2 fully saturated rings. The molecule has 0 bridgehead atoms. The van der Waals surface area contributed by atoms with Gasteiger partial charge in [0.1, 0.15) is 17.5 Å². The van der Waals surface area contributed by atoms with Crippen molar-refractivity contribution in [1.29, 1.82) is 0 Å². The summed E-state index contributed by atoms with van der Waals surface area (Å²) in [4.78, 5) is 12.0. The van der Waals surface area contributed by atoms with E-state index >= 15 is 0 Å². The number of hydrogen-bond acceptors (Lipinski definition) is 4. The highest BCUT2D eigenvalue weighted by molar-refractivity contribution is 5.50. The van der Waals surface area contributed by atoms with Gasteiger partial charge in [0.15, 0.2) is 0 Å². The van der Waals surface area contributed by atoms with Crippen LogP contribution in [0.1, 0.15) is 63.6 Å². The summed E-state index contributed by atoms with van der Waals surface area (Å²) >= 11 is 0. The minimum Gasteiger partial charge on any atom is -0.370 e. The van der Waals surface area contributed by atoms with E-state index in [4.69, 9.17) is 9.97 Å². The first kappa shape index (κ1) is 13.7. The molecule has 0 aromatic carbocycles. The molecule has 2 heterocycles. The fourth-order valence-corrected chi connectivity index (χ4v) is 2.78. The Kier molecular flexibility index (Phi) is 4.38. The van der Waals surface area contributed by atoms with Crippen LogP contribution in [-0.2, 0) is 0 Å². The average molecular weight is 274 g/mol. The van der Waals surface area contributed by atoms with Crippen LogP contribution in [-0.4, -0.2) is 29.6 Å². The zero-order valence-electron chi connectivity index (χ0n) is 12.6. The largest absolute Gasteiger partial charge is 0.370 e. The molecule has 1 aromatic rings. The van der Waals surface area contributed by atoms with Crippen LogP contribution in [0.4, 0.5) is 11.6 Å². The van der Waals surface area contributed by atoms with Gasteiger partial charge in [0.25, 0.3) is 0 Å². The van der Waals surface area contributed by atoms with E-state index in [0.29, 0.717) is 5.92 Å². The van der Waals surface area contributed by atoms with Crippen LogP contribution in [0.2, 0.25) is 0 Å². The smallest absolute Gasteiger partial charge is 0.136 e. The molecule has 1 saturated carbocycles. The van der Waals surface area contributed by atoms with Crippen LogP contribution in [0, 0.1) is 0 Å². The molecule has 0 unspecified atom stereocenters. The van der Waals surface area contributed by atoms with Crippen molar-refractivity contribution in [2.24, 2.45) is 0 Å². The summed E-state index contributed by atoms with van der Waals surface area (Å²) in [7, 11) is 0. The van der Waals surface area contributed by atoms with E-state index in [1.165, 1.54) is 38.5 Å². The molecule has 20 heavy (non-hydrogen) atoms. The van der Waals surface area contributed by atoms with Gasteiger partial charge < -0.3 is 10.2 Å². The lowest BCUT2D eigenvalue weighted by molar-refractivity contribution is 0.726. The molecule has 2 aliphatic rings. The Morgan fingerprint density at radius 1 is 1.15 bits per heavy atom. The molecule has 0 amide bonds. The molecule has 1 saturated heterocycles. The lowest BCUT2D eigenvalue weighted by atomic mass is 10.2. The molecular formula is C16H26N4. The van der Waals surface area contributed by atoms with Crippen LogP contribution >= 0.6 is 0 Å². The summed E-state index contributed by atoms with van der Waals surface area (Å²) in [5, 5.41) is 3.43. The number of anilines is 2. The Morgan fingerprint density at radius 3 is 2.55 bits per heavy atom. The topological polar surface area (TPSA) is 41.0 Å². The van der Waals surface area contributed by atoms with Crippen LogP contribution in [0.25, 0.3) is 0 Å². The van der Waals surface area contributed by atoms with Crippen LogP contribution in [0.5, 0.6) is 0 Å². The Labute approximate surface area is 122 Å². The van der Waals surface area contributed by atoms with E-state index in [1.807, 2.05) is 0 Å². The van der Waals surface area contributed by atoms with E-state index in [9.17, 15) is 0 Å². The van der Waals surface area contributed by atoms with Crippen molar-refractivity contribution in [2.75, 3.05) is 29.9 Å². The molecule has 0 atom stereocenters. The standard InChI is InChI=1S/C16H26N4/c1-2-9-17-14-12-15(19-16(18-14)13-7-8-13)20-10-5-3-4-6-11-20/h12-13H,2-11H2,1H3,(H,17,18,19). The number of aromatic nitrogens is 2. The van der Waals surface area contributed by atoms with Crippen LogP contribution in [0.3, 0.4) is 0 Å². The normalized spacial score (nSPS) is 19.8. The SMILES string of the molecule is CCCNc1cc(N2CCCCCC2)nc(C2CC2)n1. The minimum absolute atomic E-state index is 0.615. The van der Waals surface area contributed by atoms with Gasteiger partial charge in [-0.3, -0.25) is 0 Å². The highest BCUT2D eigenvalue weighted by Crippen LogP contribution is 2.39. The predicted octanol–water partition coefficient (Wildman–Crippen LogP) is 3.56. The molecule has 110 valence electrons. The number of rotatable bonds is 5. The summed E-state index contributed by atoms with van der Waals surface area (Å²) in [6, 6.07) is 2.15. The fourth-order valence-electron chi connectivity index (χ4n) is 2.78. The van der Waals surface area contributed by atoms with E-state index < -0.39 is 0 Å². The van der Waals surface area contributed by atoms with Crippen molar-refractivity contribution >= 4 is 11.6 Å². The lowest BCUT2D eigenvalue weighted by Gasteiger charge is -2.22. The molecule has 1 aliphatic carbocycles. The Bertz CT molecular complexity index is 434. The van der Waals surface area contributed by atoms with E-state index in [1.54, 1.807) is 0 Å². The van der Waals surface area contributed by atoms with Gasteiger partial charge in [-0.25, -0.2) is 9.97 Å². The van der Waals surface area contributed by atoms with E-state index in [-0.39, 0.29) is 0 Å². The Morgan fingerprint density at radius 2 is 1.90 bits per heavy atom. The third kappa shape index (κ3) is 3.41. The molecule has 1 aromatic heterocycles. The van der Waals surface area contributed by atoms with Crippen molar-refractivity contribution in [3.05, 3.63) is 11.9 Å². The first-order chi connectivity index (χ1) is 9.86. The van der Waals surface area contributed by atoms with Gasteiger partial charge >= 0.3 is 0 Å². The molecule has 1 aliphatic heterocycles.